The first kappa shape index (κ1) is 11.9. The lowest BCUT2D eigenvalue weighted by atomic mass is 9.95. The maximum Gasteiger partial charge on any atom is 0.0834 e. The Morgan fingerprint density at radius 1 is 1.62 bits per heavy atom. The van der Waals surface area contributed by atoms with Gasteiger partial charge in [-0.25, -0.2) is 0 Å². The van der Waals surface area contributed by atoms with E-state index in [1.807, 2.05) is 11.7 Å². The summed E-state index contributed by atoms with van der Waals surface area (Å²) in [6, 6.07) is 0.116. The number of hydrogen-bond acceptors (Lipinski definition) is 3. The Kier molecular flexibility index (Phi) is 3.52. The van der Waals surface area contributed by atoms with Gasteiger partial charge in [-0.2, -0.15) is 5.10 Å². The number of aromatic nitrogens is 2. The van der Waals surface area contributed by atoms with Crippen molar-refractivity contribution in [3.63, 3.8) is 0 Å². The van der Waals surface area contributed by atoms with Gasteiger partial charge in [0.2, 0.25) is 0 Å². The minimum atomic E-state index is 0.116. The molecule has 1 aromatic heterocycles. The third-order valence-electron chi connectivity index (χ3n) is 3.62. The van der Waals surface area contributed by atoms with E-state index in [4.69, 9.17) is 17.4 Å². The van der Waals surface area contributed by atoms with Crippen LogP contribution in [0.2, 0.25) is 5.02 Å². The van der Waals surface area contributed by atoms with Crippen LogP contribution in [0.15, 0.2) is 6.20 Å². The van der Waals surface area contributed by atoms with Crippen LogP contribution in [0.4, 0.5) is 0 Å². The largest absolute Gasteiger partial charge is 0.271 e. The van der Waals surface area contributed by atoms with Crippen molar-refractivity contribution in [1.82, 2.24) is 15.2 Å². The van der Waals surface area contributed by atoms with Gasteiger partial charge in [0, 0.05) is 7.05 Å². The number of nitrogens with zero attached hydrogens (tertiary/aromatic N) is 2. The quantitative estimate of drug-likeness (QED) is 0.630. The summed E-state index contributed by atoms with van der Waals surface area (Å²) < 4.78 is 1.82. The van der Waals surface area contributed by atoms with E-state index in [2.05, 4.69) is 17.4 Å². The molecule has 1 aliphatic carbocycles. The molecular formula is C11H19ClN4. The molecule has 0 radical (unpaired) electrons. The molecule has 0 aliphatic heterocycles. The van der Waals surface area contributed by atoms with E-state index >= 15 is 0 Å². The first-order valence-corrected chi connectivity index (χ1v) is 6.14. The Balaban J connectivity index is 2.22. The zero-order chi connectivity index (χ0) is 11.7. The van der Waals surface area contributed by atoms with Crippen LogP contribution in [0.5, 0.6) is 0 Å². The lowest BCUT2D eigenvalue weighted by Crippen LogP contribution is -2.34. The second-order valence-corrected chi connectivity index (χ2v) is 5.23. The van der Waals surface area contributed by atoms with Crippen LogP contribution in [0.3, 0.4) is 0 Å². The van der Waals surface area contributed by atoms with Crippen molar-refractivity contribution in [2.24, 2.45) is 24.7 Å². The van der Waals surface area contributed by atoms with Crippen LogP contribution in [0, 0.1) is 11.8 Å². The molecule has 1 aromatic rings. The molecular weight excluding hydrogens is 224 g/mol. The van der Waals surface area contributed by atoms with Crippen molar-refractivity contribution in [2.75, 3.05) is 0 Å². The standard InChI is InChI=1S/C11H19ClN4/c1-7-3-4-8(5-7)10(15-13)11-9(12)6-14-16(11)2/h6-8,10,15H,3-5,13H2,1-2H3. The summed E-state index contributed by atoms with van der Waals surface area (Å²) in [5.74, 6) is 7.03. The first-order chi connectivity index (χ1) is 7.63. The highest BCUT2D eigenvalue weighted by atomic mass is 35.5. The number of nitrogens with two attached hydrogens (primary N) is 1. The molecule has 16 heavy (non-hydrogen) atoms. The smallest absolute Gasteiger partial charge is 0.0834 e. The van der Waals surface area contributed by atoms with E-state index in [1.54, 1.807) is 6.20 Å². The van der Waals surface area contributed by atoms with Gasteiger partial charge in [-0.3, -0.25) is 16.0 Å². The normalized spacial score (nSPS) is 27.2. The Hall–Kier alpha value is -0.580. The lowest BCUT2D eigenvalue weighted by molar-refractivity contribution is 0.347. The average molecular weight is 243 g/mol. The second-order valence-electron chi connectivity index (χ2n) is 4.82. The van der Waals surface area contributed by atoms with Crippen LogP contribution in [0.25, 0.3) is 0 Å². The number of hydrazine groups is 1. The van der Waals surface area contributed by atoms with Crippen LogP contribution < -0.4 is 11.3 Å². The Morgan fingerprint density at radius 2 is 2.38 bits per heavy atom. The molecule has 1 aliphatic rings. The van der Waals surface area contributed by atoms with E-state index in [-0.39, 0.29) is 6.04 Å². The van der Waals surface area contributed by atoms with Crippen molar-refractivity contribution < 1.29 is 0 Å². The summed E-state index contributed by atoms with van der Waals surface area (Å²) in [7, 11) is 1.91. The average Bonchev–Trinajstić information content (AvgIpc) is 2.80. The molecule has 3 atom stereocenters. The molecule has 1 saturated carbocycles. The predicted molar refractivity (Wildman–Crippen MR) is 64.8 cm³/mol. The molecule has 1 heterocycles. The van der Waals surface area contributed by atoms with Crippen molar-refractivity contribution in [3.05, 3.63) is 16.9 Å². The maximum atomic E-state index is 6.15. The summed E-state index contributed by atoms with van der Waals surface area (Å²) in [6.45, 7) is 2.29. The molecule has 4 nitrogen and oxygen atoms in total. The van der Waals surface area contributed by atoms with Gasteiger partial charge in [0.25, 0.3) is 0 Å². The van der Waals surface area contributed by atoms with Gasteiger partial charge in [-0.05, 0) is 24.7 Å². The molecule has 0 saturated heterocycles. The molecule has 2 rings (SSSR count). The fraction of sp³-hybridized carbons (Fsp3) is 0.727. The minimum Gasteiger partial charge on any atom is -0.271 e. The fourth-order valence-corrected chi connectivity index (χ4v) is 3.05. The number of halogens is 1. The highest BCUT2D eigenvalue weighted by molar-refractivity contribution is 6.31. The topological polar surface area (TPSA) is 55.9 Å². The van der Waals surface area contributed by atoms with Gasteiger partial charge >= 0.3 is 0 Å². The minimum absolute atomic E-state index is 0.116. The summed E-state index contributed by atoms with van der Waals surface area (Å²) in [5, 5.41) is 4.86. The Morgan fingerprint density at radius 3 is 2.81 bits per heavy atom. The second kappa shape index (κ2) is 4.73. The van der Waals surface area contributed by atoms with Gasteiger partial charge in [-0.1, -0.05) is 24.9 Å². The van der Waals surface area contributed by atoms with Crippen molar-refractivity contribution >= 4 is 11.6 Å². The summed E-state index contributed by atoms with van der Waals surface area (Å²) >= 11 is 6.15. The van der Waals surface area contributed by atoms with Crippen LogP contribution in [0.1, 0.15) is 37.9 Å². The fourth-order valence-electron chi connectivity index (χ4n) is 2.76. The molecule has 0 bridgehead atoms. The van der Waals surface area contributed by atoms with E-state index in [0.717, 1.165) is 11.6 Å². The van der Waals surface area contributed by atoms with E-state index in [0.29, 0.717) is 10.9 Å². The lowest BCUT2D eigenvalue weighted by Gasteiger charge is -2.23. The maximum absolute atomic E-state index is 6.15. The zero-order valence-corrected chi connectivity index (χ0v) is 10.5. The molecule has 0 amide bonds. The van der Waals surface area contributed by atoms with Crippen LogP contribution in [-0.2, 0) is 7.05 Å². The van der Waals surface area contributed by atoms with Gasteiger partial charge in [0.05, 0.1) is 23.0 Å². The Bertz CT molecular complexity index is 343. The van der Waals surface area contributed by atoms with Crippen LogP contribution in [-0.4, -0.2) is 9.78 Å². The highest BCUT2D eigenvalue weighted by Crippen LogP contribution is 2.39. The molecule has 3 N–H and O–H groups in total. The van der Waals surface area contributed by atoms with Crippen molar-refractivity contribution in [1.29, 1.82) is 0 Å². The summed E-state index contributed by atoms with van der Waals surface area (Å²) in [6.07, 6.45) is 5.37. The third-order valence-corrected chi connectivity index (χ3v) is 3.91. The van der Waals surface area contributed by atoms with E-state index < -0.39 is 0 Å². The van der Waals surface area contributed by atoms with Gasteiger partial charge in [0.1, 0.15) is 0 Å². The van der Waals surface area contributed by atoms with E-state index in [9.17, 15) is 0 Å². The zero-order valence-electron chi connectivity index (χ0n) is 9.78. The monoisotopic (exact) mass is 242 g/mol. The molecule has 1 fully saturated rings. The SMILES string of the molecule is CC1CCC(C(NN)c2c(Cl)cnn2C)C1. The molecule has 0 spiro atoms. The van der Waals surface area contributed by atoms with Gasteiger partial charge in [-0.15, -0.1) is 0 Å². The molecule has 90 valence electrons. The van der Waals surface area contributed by atoms with Crippen molar-refractivity contribution in [2.45, 2.75) is 32.2 Å². The molecule has 0 aromatic carbocycles. The van der Waals surface area contributed by atoms with Gasteiger partial charge < -0.3 is 0 Å². The number of rotatable bonds is 3. The molecule has 3 unspecified atom stereocenters. The first-order valence-electron chi connectivity index (χ1n) is 5.77. The van der Waals surface area contributed by atoms with Crippen molar-refractivity contribution in [3.8, 4) is 0 Å². The highest BCUT2D eigenvalue weighted by Gasteiger charge is 2.32. The third kappa shape index (κ3) is 2.10. The number of aryl methyl sites for hydroxylation is 1. The molecule has 5 heteroatoms. The Labute approximate surface area is 101 Å². The summed E-state index contributed by atoms with van der Waals surface area (Å²) in [4.78, 5) is 0. The number of nitrogens with one attached hydrogen (secondary N) is 1. The van der Waals surface area contributed by atoms with Crippen LogP contribution >= 0.6 is 11.6 Å². The number of hydrogen-bond donors (Lipinski definition) is 2. The van der Waals surface area contributed by atoms with E-state index in [1.165, 1.54) is 19.3 Å². The van der Waals surface area contributed by atoms with Gasteiger partial charge in [0.15, 0.2) is 0 Å². The summed E-state index contributed by atoms with van der Waals surface area (Å²) in [5.41, 5.74) is 3.91. The predicted octanol–water partition coefficient (Wildman–Crippen LogP) is 2.01.